The van der Waals surface area contributed by atoms with Crippen LogP contribution in [0.4, 0.5) is 0 Å². The second kappa shape index (κ2) is 8.88. The third-order valence-electron chi connectivity index (χ3n) is 3.15. The molecule has 0 atom stereocenters. The van der Waals surface area contributed by atoms with E-state index in [1.807, 2.05) is 20.8 Å². The van der Waals surface area contributed by atoms with Crippen LogP contribution in [-0.4, -0.2) is 45.5 Å². The van der Waals surface area contributed by atoms with E-state index >= 15 is 0 Å². The van der Waals surface area contributed by atoms with Gasteiger partial charge in [0.05, 0.1) is 11.5 Å². The van der Waals surface area contributed by atoms with Gasteiger partial charge in [0.1, 0.15) is 5.75 Å². The molecule has 7 heteroatoms. The van der Waals surface area contributed by atoms with Gasteiger partial charge >= 0.3 is 0 Å². The summed E-state index contributed by atoms with van der Waals surface area (Å²) in [5.74, 6) is 0.909. The Morgan fingerprint density at radius 3 is 2.35 bits per heavy atom. The highest BCUT2D eigenvalue weighted by molar-refractivity contribution is 7.89. The summed E-state index contributed by atoms with van der Waals surface area (Å²) in [7, 11) is -3.59. The number of carbonyl (C=O) groups is 1. The van der Waals surface area contributed by atoms with Gasteiger partial charge in [0.25, 0.3) is 0 Å². The van der Waals surface area contributed by atoms with Crippen molar-refractivity contribution in [3.63, 3.8) is 0 Å². The zero-order valence-corrected chi connectivity index (χ0v) is 15.0. The topological polar surface area (TPSA) is 75.7 Å². The Morgan fingerprint density at radius 2 is 1.87 bits per heavy atom. The van der Waals surface area contributed by atoms with Gasteiger partial charge in [-0.15, -0.1) is 0 Å². The Balaban J connectivity index is 2.62. The first-order valence-electron chi connectivity index (χ1n) is 7.74. The lowest BCUT2D eigenvalue weighted by atomic mass is 10.2. The largest absolute Gasteiger partial charge is 0.494 e. The van der Waals surface area contributed by atoms with E-state index in [4.69, 9.17) is 4.74 Å². The fourth-order valence-electron chi connectivity index (χ4n) is 2.10. The van der Waals surface area contributed by atoms with E-state index in [1.165, 1.54) is 19.1 Å². The minimum atomic E-state index is -3.59. The molecule has 0 radical (unpaired) electrons. The highest BCUT2D eigenvalue weighted by Gasteiger charge is 2.15. The summed E-state index contributed by atoms with van der Waals surface area (Å²) >= 11 is 0. The van der Waals surface area contributed by atoms with Gasteiger partial charge in [-0.25, -0.2) is 13.1 Å². The van der Waals surface area contributed by atoms with Crippen LogP contribution in [0.25, 0.3) is 0 Å². The van der Waals surface area contributed by atoms with E-state index in [1.54, 1.807) is 17.0 Å². The summed E-state index contributed by atoms with van der Waals surface area (Å²) in [6.07, 6.45) is 0. The normalized spacial score (nSPS) is 11.5. The van der Waals surface area contributed by atoms with E-state index < -0.39 is 10.0 Å². The number of hydrogen-bond acceptors (Lipinski definition) is 4. The first kappa shape index (κ1) is 19.4. The predicted molar refractivity (Wildman–Crippen MR) is 89.9 cm³/mol. The molecule has 1 rings (SSSR count). The minimum absolute atomic E-state index is 0.0565. The highest BCUT2D eigenvalue weighted by atomic mass is 32.2. The molecule has 23 heavy (non-hydrogen) atoms. The van der Waals surface area contributed by atoms with Gasteiger partial charge in [-0.3, -0.25) is 4.79 Å². The molecule has 0 saturated carbocycles. The molecule has 6 nitrogen and oxygen atoms in total. The molecule has 130 valence electrons. The minimum Gasteiger partial charge on any atom is -0.494 e. The summed E-state index contributed by atoms with van der Waals surface area (Å²) < 4.78 is 32.3. The van der Waals surface area contributed by atoms with Crippen molar-refractivity contribution < 1.29 is 17.9 Å². The number of carbonyl (C=O) groups excluding carboxylic acids is 1. The molecule has 0 aliphatic rings. The smallest absolute Gasteiger partial charge is 0.240 e. The number of ether oxygens (including phenoxy) is 1. The third-order valence-corrected chi connectivity index (χ3v) is 4.63. The Kier molecular flexibility index (Phi) is 7.51. The summed E-state index contributed by atoms with van der Waals surface area (Å²) in [5, 5.41) is 0. The predicted octanol–water partition coefficient (Wildman–Crippen LogP) is 1.87. The van der Waals surface area contributed by atoms with Crippen molar-refractivity contribution >= 4 is 15.9 Å². The van der Waals surface area contributed by atoms with Crippen molar-refractivity contribution in [3.05, 3.63) is 24.3 Å². The fraction of sp³-hybridized carbons (Fsp3) is 0.562. The van der Waals surface area contributed by atoms with Crippen LogP contribution in [0.5, 0.6) is 5.75 Å². The van der Waals surface area contributed by atoms with Crippen LogP contribution in [0.1, 0.15) is 27.7 Å². The van der Waals surface area contributed by atoms with Gasteiger partial charge in [-0.05, 0) is 37.1 Å². The van der Waals surface area contributed by atoms with Gasteiger partial charge < -0.3 is 9.64 Å². The van der Waals surface area contributed by atoms with Crippen LogP contribution in [0.2, 0.25) is 0 Å². The quantitative estimate of drug-likeness (QED) is 0.743. The number of benzene rings is 1. The van der Waals surface area contributed by atoms with Crippen molar-refractivity contribution in [1.29, 1.82) is 0 Å². The standard InChI is InChI=1S/C16H26N2O4S/c1-5-22-15-6-8-16(9-7-15)23(20,21)17-10-11-18(14(4)19)12-13(2)3/h6-9,13,17H,5,10-12H2,1-4H3. The Labute approximate surface area is 138 Å². The van der Waals surface area contributed by atoms with E-state index in [-0.39, 0.29) is 17.3 Å². The monoisotopic (exact) mass is 342 g/mol. The Morgan fingerprint density at radius 1 is 1.26 bits per heavy atom. The fourth-order valence-corrected chi connectivity index (χ4v) is 3.12. The second-order valence-electron chi connectivity index (χ2n) is 5.66. The number of rotatable bonds is 9. The third kappa shape index (κ3) is 6.58. The van der Waals surface area contributed by atoms with E-state index in [9.17, 15) is 13.2 Å². The van der Waals surface area contributed by atoms with Gasteiger partial charge in [-0.1, -0.05) is 13.8 Å². The van der Waals surface area contributed by atoms with Crippen molar-refractivity contribution in [2.24, 2.45) is 5.92 Å². The maximum absolute atomic E-state index is 12.2. The summed E-state index contributed by atoms with van der Waals surface area (Å²) in [6, 6.07) is 6.26. The molecule has 0 spiro atoms. The molecular formula is C16H26N2O4S. The summed E-state index contributed by atoms with van der Waals surface area (Å²) in [6.45, 7) is 9.06. The molecule has 0 fully saturated rings. The van der Waals surface area contributed by atoms with Gasteiger partial charge in [0.2, 0.25) is 15.9 Å². The summed E-state index contributed by atoms with van der Waals surface area (Å²) in [5.41, 5.74) is 0. The number of sulfonamides is 1. The van der Waals surface area contributed by atoms with Crippen molar-refractivity contribution in [1.82, 2.24) is 9.62 Å². The van der Waals surface area contributed by atoms with Crippen molar-refractivity contribution in [3.8, 4) is 5.75 Å². The summed E-state index contributed by atoms with van der Waals surface area (Å²) in [4.78, 5) is 13.4. The maximum atomic E-state index is 12.2. The second-order valence-corrected chi connectivity index (χ2v) is 7.43. The molecule has 0 aromatic heterocycles. The molecule has 1 N–H and O–H groups in total. The number of nitrogens with zero attached hydrogens (tertiary/aromatic N) is 1. The van der Waals surface area contributed by atoms with Crippen LogP contribution in [0, 0.1) is 5.92 Å². The zero-order valence-electron chi connectivity index (χ0n) is 14.2. The average Bonchev–Trinajstić information content (AvgIpc) is 2.46. The van der Waals surface area contributed by atoms with Crippen LogP contribution in [0.15, 0.2) is 29.2 Å². The van der Waals surface area contributed by atoms with Crippen LogP contribution >= 0.6 is 0 Å². The molecule has 0 aliphatic carbocycles. The molecule has 0 saturated heterocycles. The van der Waals surface area contributed by atoms with E-state index in [0.29, 0.717) is 31.4 Å². The molecule has 1 aromatic carbocycles. The molecule has 0 heterocycles. The molecule has 1 aromatic rings. The average molecular weight is 342 g/mol. The molecule has 0 aliphatic heterocycles. The first-order chi connectivity index (χ1) is 10.8. The number of hydrogen-bond donors (Lipinski definition) is 1. The Bertz CT molecular complexity index is 597. The van der Waals surface area contributed by atoms with Crippen molar-refractivity contribution in [2.75, 3.05) is 26.2 Å². The Hall–Kier alpha value is -1.60. The highest BCUT2D eigenvalue weighted by Crippen LogP contribution is 2.15. The molecule has 1 amide bonds. The van der Waals surface area contributed by atoms with Gasteiger partial charge in [-0.2, -0.15) is 0 Å². The molecular weight excluding hydrogens is 316 g/mol. The lowest BCUT2D eigenvalue weighted by Crippen LogP contribution is -2.39. The lowest BCUT2D eigenvalue weighted by Gasteiger charge is -2.23. The van der Waals surface area contributed by atoms with Gasteiger partial charge in [0, 0.05) is 26.6 Å². The number of amides is 1. The molecule has 0 bridgehead atoms. The van der Waals surface area contributed by atoms with E-state index in [0.717, 1.165) is 0 Å². The lowest BCUT2D eigenvalue weighted by molar-refractivity contribution is -0.129. The van der Waals surface area contributed by atoms with Crippen LogP contribution < -0.4 is 9.46 Å². The van der Waals surface area contributed by atoms with Crippen LogP contribution in [0.3, 0.4) is 0 Å². The van der Waals surface area contributed by atoms with E-state index in [2.05, 4.69) is 4.72 Å². The first-order valence-corrected chi connectivity index (χ1v) is 9.22. The maximum Gasteiger partial charge on any atom is 0.240 e. The number of nitrogens with one attached hydrogen (secondary N) is 1. The van der Waals surface area contributed by atoms with Crippen molar-refractivity contribution in [2.45, 2.75) is 32.6 Å². The van der Waals surface area contributed by atoms with Gasteiger partial charge in [0.15, 0.2) is 0 Å². The zero-order chi connectivity index (χ0) is 17.5. The SMILES string of the molecule is CCOc1ccc(S(=O)(=O)NCCN(CC(C)C)C(C)=O)cc1. The molecule has 0 unspecified atom stereocenters. The van der Waals surface area contributed by atoms with Crippen LogP contribution in [-0.2, 0) is 14.8 Å².